The molecule has 2 aromatic carbocycles. The van der Waals surface area contributed by atoms with E-state index in [1.807, 2.05) is 0 Å². The first-order chi connectivity index (χ1) is 6.84. The molecule has 0 aliphatic carbocycles. The predicted octanol–water partition coefficient (Wildman–Crippen LogP) is 3.33. The highest BCUT2D eigenvalue weighted by molar-refractivity contribution is 6.07. The van der Waals surface area contributed by atoms with E-state index in [2.05, 4.69) is 60.4 Å². The van der Waals surface area contributed by atoms with Gasteiger partial charge in [-0.25, -0.2) is 0 Å². The van der Waals surface area contributed by atoms with Gasteiger partial charge in [0.15, 0.2) is 0 Å². The predicted molar refractivity (Wildman–Crippen MR) is 60.4 cm³/mol. The molecule has 3 aromatic rings. The molecule has 1 heteroatoms. The number of hydrogen-bond donors (Lipinski definition) is 0. The molecular weight excluding hydrogens is 170 g/mol. The Morgan fingerprint density at radius 3 is 2.50 bits per heavy atom. The first kappa shape index (κ1) is 7.63. The molecule has 14 heavy (non-hydrogen) atoms. The van der Waals surface area contributed by atoms with Gasteiger partial charge in [0, 0.05) is 24.8 Å². The van der Waals surface area contributed by atoms with E-state index in [-0.39, 0.29) is 0 Å². The van der Waals surface area contributed by atoms with Gasteiger partial charge in [-0.1, -0.05) is 36.4 Å². The summed E-state index contributed by atoms with van der Waals surface area (Å²) in [6, 6.07) is 12.9. The number of rotatable bonds is 0. The van der Waals surface area contributed by atoms with E-state index >= 15 is 0 Å². The molecule has 0 saturated heterocycles. The van der Waals surface area contributed by atoms with E-state index in [1.54, 1.807) is 0 Å². The third-order valence-corrected chi connectivity index (χ3v) is 2.68. The third kappa shape index (κ3) is 0.956. The lowest BCUT2D eigenvalue weighted by Crippen LogP contribution is -1.76. The van der Waals surface area contributed by atoms with Crippen molar-refractivity contribution in [1.82, 2.24) is 4.57 Å². The summed E-state index contributed by atoms with van der Waals surface area (Å²) < 4.78 is 2.11. The van der Waals surface area contributed by atoms with Crippen molar-refractivity contribution >= 4 is 21.5 Å². The Hall–Kier alpha value is -1.76. The lowest BCUT2D eigenvalue weighted by molar-refractivity contribution is 0.934. The fourth-order valence-electron chi connectivity index (χ4n) is 2.03. The van der Waals surface area contributed by atoms with Crippen LogP contribution >= 0.6 is 0 Å². The number of benzene rings is 2. The van der Waals surface area contributed by atoms with Crippen molar-refractivity contribution in [1.29, 1.82) is 0 Å². The highest BCUT2D eigenvalue weighted by atomic mass is 14.9. The zero-order chi connectivity index (χ0) is 9.54. The van der Waals surface area contributed by atoms with Crippen LogP contribution in [0.15, 0.2) is 48.8 Å². The molecule has 0 unspecified atom stereocenters. The minimum Gasteiger partial charge on any atom is -0.356 e. The summed E-state index contributed by atoms with van der Waals surface area (Å²) in [6.07, 6.45) is 4.33. The van der Waals surface area contributed by atoms with E-state index in [0.717, 1.165) is 0 Å². The van der Waals surface area contributed by atoms with Crippen LogP contribution in [0.5, 0.6) is 0 Å². The minimum atomic E-state index is 1.31. The second-order valence-corrected chi connectivity index (χ2v) is 3.71. The Morgan fingerprint density at radius 2 is 1.57 bits per heavy atom. The number of hydrogen-bond acceptors (Lipinski definition) is 0. The molecule has 1 heterocycles. The van der Waals surface area contributed by atoms with E-state index < -0.39 is 0 Å². The normalized spacial score (nSPS) is 11.2. The largest absolute Gasteiger partial charge is 0.356 e. The van der Waals surface area contributed by atoms with Gasteiger partial charge in [-0.05, 0) is 16.2 Å². The highest BCUT2D eigenvalue weighted by Crippen LogP contribution is 2.25. The number of aromatic nitrogens is 1. The Kier molecular flexibility index (Phi) is 1.42. The summed E-state index contributed by atoms with van der Waals surface area (Å²) in [5.41, 5.74) is 0. The minimum absolute atomic E-state index is 1.31. The maximum absolute atomic E-state index is 2.18. The van der Waals surface area contributed by atoms with Crippen molar-refractivity contribution < 1.29 is 0 Å². The molecule has 68 valence electrons. The van der Waals surface area contributed by atoms with E-state index in [9.17, 15) is 0 Å². The van der Waals surface area contributed by atoms with E-state index in [4.69, 9.17) is 0 Å². The van der Waals surface area contributed by atoms with Crippen LogP contribution in [0.2, 0.25) is 0 Å². The number of fused-ring (bicyclic) bond motifs is 3. The second kappa shape index (κ2) is 2.61. The summed E-state index contributed by atoms with van der Waals surface area (Å²) >= 11 is 0. The summed E-state index contributed by atoms with van der Waals surface area (Å²) in [4.78, 5) is 0. The first-order valence-corrected chi connectivity index (χ1v) is 4.78. The van der Waals surface area contributed by atoms with Gasteiger partial charge in [0.25, 0.3) is 0 Å². The van der Waals surface area contributed by atoms with Gasteiger partial charge >= 0.3 is 0 Å². The molecule has 0 bridgehead atoms. The SMILES string of the molecule is Cn1cc2ccc3ccccc3c2c1. The topological polar surface area (TPSA) is 4.93 Å². The zero-order valence-corrected chi connectivity index (χ0v) is 8.07. The molecule has 0 N–H and O–H groups in total. The fraction of sp³-hybridized carbons (Fsp3) is 0.0769. The van der Waals surface area contributed by atoms with Crippen molar-refractivity contribution in [2.75, 3.05) is 0 Å². The molecule has 0 amide bonds. The zero-order valence-electron chi connectivity index (χ0n) is 8.07. The molecule has 1 nitrogen and oxygen atoms in total. The van der Waals surface area contributed by atoms with Gasteiger partial charge in [-0.2, -0.15) is 0 Å². The highest BCUT2D eigenvalue weighted by Gasteiger charge is 2.00. The average Bonchev–Trinajstić information content (AvgIpc) is 2.59. The second-order valence-electron chi connectivity index (χ2n) is 3.71. The summed E-state index contributed by atoms with van der Waals surface area (Å²) in [6.45, 7) is 0. The van der Waals surface area contributed by atoms with Crippen LogP contribution in [-0.4, -0.2) is 4.57 Å². The van der Waals surface area contributed by atoms with Crippen LogP contribution in [-0.2, 0) is 7.05 Å². The number of nitrogens with zero attached hydrogens (tertiary/aromatic N) is 1. The van der Waals surface area contributed by atoms with Crippen molar-refractivity contribution in [3.63, 3.8) is 0 Å². The Labute approximate surface area is 82.6 Å². The van der Waals surface area contributed by atoms with Crippen LogP contribution in [0.3, 0.4) is 0 Å². The van der Waals surface area contributed by atoms with Gasteiger partial charge < -0.3 is 4.57 Å². The molecule has 3 rings (SSSR count). The van der Waals surface area contributed by atoms with Crippen molar-refractivity contribution in [2.24, 2.45) is 7.05 Å². The van der Waals surface area contributed by atoms with Crippen LogP contribution in [0, 0.1) is 0 Å². The fourth-order valence-corrected chi connectivity index (χ4v) is 2.03. The average molecular weight is 181 g/mol. The quantitative estimate of drug-likeness (QED) is 0.501. The molecule has 0 aliphatic heterocycles. The van der Waals surface area contributed by atoms with Crippen LogP contribution in [0.25, 0.3) is 21.5 Å². The van der Waals surface area contributed by atoms with Crippen molar-refractivity contribution in [3.8, 4) is 0 Å². The van der Waals surface area contributed by atoms with Crippen molar-refractivity contribution in [3.05, 3.63) is 48.8 Å². The molecule has 0 radical (unpaired) electrons. The molecular formula is C13H11N. The maximum Gasteiger partial charge on any atom is 0.0117 e. The van der Waals surface area contributed by atoms with Crippen LogP contribution in [0.4, 0.5) is 0 Å². The van der Waals surface area contributed by atoms with E-state index in [1.165, 1.54) is 21.5 Å². The summed E-state index contributed by atoms with van der Waals surface area (Å²) in [5, 5.41) is 5.30. The van der Waals surface area contributed by atoms with Crippen LogP contribution in [0.1, 0.15) is 0 Å². The Balaban J connectivity index is 2.60. The Bertz CT molecular complexity index is 605. The van der Waals surface area contributed by atoms with Gasteiger partial charge in [0.2, 0.25) is 0 Å². The summed E-state index contributed by atoms with van der Waals surface area (Å²) in [5.74, 6) is 0. The van der Waals surface area contributed by atoms with Crippen molar-refractivity contribution in [2.45, 2.75) is 0 Å². The lowest BCUT2D eigenvalue weighted by Gasteiger charge is -1.97. The van der Waals surface area contributed by atoms with E-state index in [0.29, 0.717) is 0 Å². The maximum atomic E-state index is 2.18. The van der Waals surface area contributed by atoms with Crippen LogP contribution < -0.4 is 0 Å². The van der Waals surface area contributed by atoms with Gasteiger partial charge in [0.05, 0.1) is 0 Å². The smallest absolute Gasteiger partial charge is 0.0117 e. The molecule has 0 atom stereocenters. The van der Waals surface area contributed by atoms with Gasteiger partial charge in [0.1, 0.15) is 0 Å². The number of aryl methyl sites for hydroxylation is 1. The molecule has 0 spiro atoms. The molecule has 0 aliphatic rings. The monoisotopic (exact) mass is 181 g/mol. The first-order valence-electron chi connectivity index (χ1n) is 4.78. The third-order valence-electron chi connectivity index (χ3n) is 2.68. The van der Waals surface area contributed by atoms with Gasteiger partial charge in [-0.3, -0.25) is 0 Å². The Morgan fingerprint density at radius 1 is 0.786 bits per heavy atom. The summed E-state index contributed by atoms with van der Waals surface area (Å²) in [7, 11) is 2.06. The van der Waals surface area contributed by atoms with Gasteiger partial charge in [-0.15, -0.1) is 0 Å². The lowest BCUT2D eigenvalue weighted by atomic mass is 10.1. The molecule has 1 aromatic heterocycles. The molecule has 0 fully saturated rings. The molecule has 0 saturated carbocycles. The standard InChI is InChI=1S/C13H11N/c1-14-8-11-7-6-10-4-2-3-5-12(10)13(11)9-14/h2-9H,1H3.